The summed E-state index contributed by atoms with van der Waals surface area (Å²) in [7, 11) is 0. The van der Waals surface area contributed by atoms with Crippen LogP contribution in [0.3, 0.4) is 0 Å². The van der Waals surface area contributed by atoms with Gasteiger partial charge < -0.3 is 5.11 Å². The maximum atomic E-state index is 9.01. The molecule has 0 bridgehead atoms. The summed E-state index contributed by atoms with van der Waals surface area (Å²) in [4.78, 5) is 6.34. The van der Waals surface area contributed by atoms with Crippen LogP contribution in [-0.4, -0.2) is 34.7 Å². The number of halogens is 1. The first-order valence-electron chi connectivity index (χ1n) is 5.71. The molecule has 1 fully saturated rings. The molecular formula is C12H17ClN2O. The van der Waals surface area contributed by atoms with Crippen molar-refractivity contribution in [1.82, 2.24) is 9.88 Å². The van der Waals surface area contributed by atoms with Crippen LogP contribution in [0.1, 0.15) is 18.4 Å². The van der Waals surface area contributed by atoms with E-state index in [4.69, 9.17) is 16.7 Å². The van der Waals surface area contributed by atoms with Gasteiger partial charge in [-0.15, -0.1) is 0 Å². The van der Waals surface area contributed by atoms with Gasteiger partial charge in [-0.05, 0) is 30.4 Å². The smallest absolute Gasteiger partial charge is 0.129 e. The summed E-state index contributed by atoms with van der Waals surface area (Å²) in [5.74, 6) is 0.840. The highest BCUT2D eigenvalue weighted by atomic mass is 35.5. The van der Waals surface area contributed by atoms with E-state index in [2.05, 4.69) is 9.88 Å². The van der Waals surface area contributed by atoms with Gasteiger partial charge in [0.05, 0.1) is 6.61 Å². The van der Waals surface area contributed by atoms with Crippen molar-refractivity contribution in [3.63, 3.8) is 0 Å². The van der Waals surface area contributed by atoms with Gasteiger partial charge in [0.15, 0.2) is 0 Å². The molecule has 0 saturated heterocycles. The first kappa shape index (κ1) is 11.8. The van der Waals surface area contributed by atoms with Gasteiger partial charge in [-0.25, -0.2) is 4.98 Å². The zero-order valence-electron chi connectivity index (χ0n) is 9.27. The predicted octanol–water partition coefficient (Wildman–Crippen LogP) is 1.94. The van der Waals surface area contributed by atoms with E-state index in [0.717, 1.165) is 31.1 Å². The van der Waals surface area contributed by atoms with E-state index >= 15 is 0 Å². The molecule has 0 spiro atoms. The second-order valence-corrected chi connectivity index (χ2v) is 4.78. The molecule has 4 heteroatoms. The van der Waals surface area contributed by atoms with Gasteiger partial charge in [0.1, 0.15) is 5.15 Å². The molecule has 1 saturated carbocycles. The van der Waals surface area contributed by atoms with Crippen molar-refractivity contribution in [3.8, 4) is 0 Å². The highest BCUT2D eigenvalue weighted by Gasteiger charge is 2.24. The van der Waals surface area contributed by atoms with Crippen LogP contribution in [0.2, 0.25) is 5.15 Å². The van der Waals surface area contributed by atoms with Crippen LogP contribution in [0.25, 0.3) is 0 Å². The summed E-state index contributed by atoms with van der Waals surface area (Å²) in [6, 6.07) is 3.80. The van der Waals surface area contributed by atoms with Gasteiger partial charge in [0, 0.05) is 25.8 Å². The fourth-order valence-electron chi connectivity index (χ4n) is 1.80. The molecule has 3 nitrogen and oxygen atoms in total. The molecule has 1 aromatic rings. The molecule has 0 unspecified atom stereocenters. The lowest BCUT2D eigenvalue weighted by atomic mass is 10.2. The Morgan fingerprint density at radius 1 is 1.44 bits per heavy atom. The number of hydrogen-bond donors (Lipinski definition) is 1. The molecule has 2 rings (SSSR count). The van der Waals surface area contributed by atoms with E-state index in [-0.39, 0.29) is 6.61 Å². The van der Waals surface area contributed by atoms with Crippen LogP contribution in [0, 0.1) is 5.92 Å². The van der Waals surface area contributed by atoms with E-state index in [1.54, 1.807) is 6.20 Å². The third-order valence-electron chi connectivity index (χ3n) is 2.82. The third kappa shape index (κ3) is 3.74. The van der Waals surface area contributed by atoms with Crippen LogP contribution in [0.15, 0.2) is 18.3 Å². The molecule has 0 radical (unpaired) electrons. The predicted molar refractivity (Wildman–Crippen MR) is 64.3 cm³/mol. The van der Waals surface area contributed by atoms with Gasteiger partial charge in [-0.2, -0.15) is 0 Å². The van der Waals surface area contributed by atoms with Crippen molar-refractivity contribution in [2.75, 3.05) is 19.7 Å². The molecule has 88 valence electrons. The van der Waals surface area contributed by atoms with Crippen molar-refractivity contribution in [2.45, 2.75) is 19.4 Å². The van der Waals surface area contributed by atoms with Crippen molar-refractivity contribution >= 4 is 11.6 Å². The minimum atomic E-state index is 0.216. The normalized spacial score (nSPS) is 15.7. The van der Waals surface area contributed by atoms with Crippen LogP contribution in [0.5, 0.6) is 0 Å². The topological polar surface area (TPSA) is 36.4 Å². The van der Waals surface area contributed by atoms with E-state index in [0.29, 0.717) is 5.15 Å². The van der Waals surface area contributed by atoms with Gasteiger partial charge >= 0.3 is 0 Å². The van der Waals surface area contributed by atoms with Gasteiger partial charge in [0.2, 0.25) is 0 Å². The molecule has 0 atom stereocenters. The summed E-state index contributed by atoms with van der Waals surface area (Å²) in [5.41, 5.74) is 1.15. The standard InChI is InChI=1S/C12H17ClN2O/c13-12-4-3-11(7-14-12)9-15(5-6-16)8-10-1-2-10/h3-4,7,10,16H,1-2,5-6,8-9H2. The average molecular weight is 241 g/mol. The van der Waals surface area contributed by atoms with Crippen molar-refractivity contribution < 1.29 is 5.11 Å². The van der Waals surface area contributed by atoms with Crippen molar-refractivity contribution in [2.24, 2.45) is 5.92 Å². The molecule has 1 heterocycles. The fourth-order valence-corrected chi connectivity index (χ4v) is 1.91. The summed E-state index contributed by atoms with van der Waals surface area (Å²) in [6.45, 7) is 2.89. The highest BCUT2D eigenvalue weighted by molar-refractivity contribution is 6.29. The molecule has 16 heavy (non-hydrogen) atoms. The van der Waals surface area contributed by atoms with Crippen molar-refractivity contribution in [1.29, 1.82) is 0 Å². The molecule has 0 aliphatic heterocycles. The van der Waals surface area contributed by atoms with Crippen LogP contribution in [0.4, 0.5) is 0 Å². The monoisotopic (exact) mass is 240 g/mol. The third-order valence-corrected chi connectivity index (χ3v) is 3.05. The summed E-state index contributed by atoms with van der Waals surface area (Å²) in [6.07, 6.45) is 4.47. The number of hydrogen-bond acceptors (Lipinski definition) is 3. The van der Waals surface area contributed by atoms with Crippen LogP contribution < -0.4 is 0 Å². The number of aromatic nitrogens is 1. The number of rotatable bonds is 6. The quantitative estimate of drug-likeness (QED) is 0.772. The number of aliphatic hydroxyl groups excluding tert-OH is 1. The Balaban J connectivity index is 1.90. The van der Waals surface area contributed by atoms with E-state index in [9.17, 15) is 0 Å². The molecule has 0 aromatic carbocycles. The van der Waals surface area contributed by atoms with Crippen LogP contribution >= 0.6 is 11.6 Å². The maximum Gasteiger partial charge on any atom is 0.129 e. The molecular weight excluding hydrogens is 224 g/mol. The molecule has 1 aromatic heterocycles. The summed E-state index contributed by atoms with van der Waals surface area (Å²) in [5, 5.41) is 9.54. The lowest BCUT2D eigenvalue weighted by Crippen LogP contribution is -2.28. The Kier molecular flexibility index (Phi) is 4.16. The molecule has 1 N–H and O–H groups in total. The second kappa shape index (κ2) is 5.62. The van der Waals surface area contributed by atoms with Gasteiger partial charge in [0.25, 0.3) is 0 Å². The summed E-state index contributed by atoms with van der Waals surface area (Å²) >= 11 is 5.74. The lowest BCUT2D eigenvalue weighted by Gasteiger charge is -2.20. The second-order valence-electron chi connectivity index (χ2n) is 4.39. The SMILES string of the molecule is OCCN(Cc1ccc(Cl)nc1)CC1CC1. The molecule has 0 amide bonds. The fraction of sp³-hybridized carbons (Fsp3) is 0.583. The minimum absolute atomic E-state index is 0.216. The van der Waals surface area contributed by atoms with Gasteiger partial charge in [-0.1, -0.05) is 17.7 Å². The lowest BCUT2D eigenvalue weighted by molar-refractivity contribution is 0.184. The Hall–Kier alpha value is -0.640. The van der Waals surface area contributed by atoms with Crippen LogP contribution in [-0.2, 0) is 6.54 Å². The van der Waals surface area contributed by atoms with E-state index in [1.165, 1.54) is 12.8 Å². The van der Waals surface area contributed by atoms with E-state index in [1.807, 2.05) is 12.1 Å². The largest absolute Gasteiger partial charge is 0.395 e. The first-order chi connectivity index (χ1) is 7.78. The Labute approximate surface area is 101 Å². The summed E-state index contributed by atoms with van der Waals surface area (Å²) < 4.78 is 0. The maximum absolute atomic E-state index is 9.01. The Bertz CT molecular complexity index is 324. The Morgan fingerprint density at radius 2 is 2.25 bits per heavy atom. The zero-order chi connectivity index (χ0) is 11.4. The zero-order valence-corrected chi connectivity index (χ0v) is 10.0. The van der Waals surface area contributed by atoms with Crippen molar-refractivity contribution in [3.05, 3.63) is 29.0 Å². The number of pyridine rings is 1. The van der Waals surface area contributed by atoms with E-state index < -0.39 is 0 Å². The highest BCUT2D eigenvalue weighted by Crippen LogP contribution is 2.30. The van der Waals surface area contributed by atoms with Gasteiger partial charge in [-0.3, -0.25) is 4.90 Å². The average Bonchev–Trinajstić information content (AvgIpc) is 3.06. The molecule has 1 aliphatic carbocycles. The number of aliphatic hydroxyl groups is 1. The number of nitrogens with zero attached hydrogens (tertiary/aromatic N) is 2. The Morgan fingerprint density at radius 3 is 2.81 bits per heavy atom. The molecule has 1 aliphatic rings. The first-order valence-corrected chi connectivity index (χ1v) is 6.09. The minimum Gasteiger partial charge on any atom is -0.395 e.